The molecule has 0 N–H and O–H groups in total. The molecule has 0 spiro atoms. The molecule has 0 saturated heterocycles. The van der Waals surface area contributed by atoms with Gasteiger partial charge in [0.25, 0.3) is 0 Å². The fourth-order valence-electron chi connectivity index (χ4n) is 0. The van der Waals surface area contributed by atoms with E-state index in [4.69, 9.17) is 0 Å². The number of hydrogen-bond donors (Lipinski definition) is 0. The summed E-state index contributed by atoms with van der Waals surface area (Å²) in [5.41, 5.74) is 0. The normalized spacial score (nSPS) is 0. The molecule has 2 radical (unpaired) electrons. The molecule has 0 aromatic heterocycles. The van der Waals surface area contributed by atoms with Crippen LogP contribution in [0.25, 0.3) is 0 Å². The molecule has 0 rings (SSSR count). The van der Waals surface area contributed by atoms with Gasteiger partial charge in [0.05, 0.1) is 0 Å². The van der Waals surface area contributed by atoms with Crippen molar-refractivity contribution in [2.24, 2.45) is 0 Å². The van der Waals surface area contributed by atoms with Crippen LogP contribution in [0, 0.1) is 0 Å². The molecule has 0 aromatic rings. The molecule has 56 valence electrons. The number of hydrogen-bond acceptors (Lipinski definition) is 0. The monoisotopic (exact) mass is 538 g/mol. The van der Waals surface area contributed by atoms with E-state index in [0.717, 1.165) is 0 Å². The van der Waals surface area contributed by atoms with Crippen LogP contribution in [0.4, 0.5) is 0 Å². The van der Waals surface area contributed by atoms with Crippen molar-refractivity contribution in [2.75, 3.05) is 0 Å². The maximum atomic E-state index is 0. The van der Waals surface area contributed by atoms with Gasteiger partial charge < -0.3 is 40.5 Å². The zero-order valence-electron chi connectivity index (χ0n) is 2.58. The first kappa shape index (κ1) is 67.5. The molecule has 0 aliphatic carbocycles. The largest absolute Gasteiger partial charge is 3.00 e. The van der Waals surface area contributed by atoms with Crippen molar-refractivity contribution < 1.29 is 67.1 Å². The topological polar surface area (TPSA) is 0 Å². The molecular formula is Ag3S3Sb. The van der Waals surface area contributed by atoms with Crippen LogP contribution >= 0.6 is 0 Å². The Balaban J connectivity index is 0. The summed E-state index contributed by atoms with van der Waals surface area (Å²) in [5, 5.41) is 0. The van der Waals surface area contributed by atoms with Crippen molar-refractivity contribution in [1.29, 1.82) is 0 Å². The van der Waals surface area contributed by atoms with E-state index in [0.29, 0.717) is 0 Å². The molecule has 7 heteroatoms. The Morgan fingerprint density at radius 2 is 0.429 bits per heavy atom. The van der Waals surface area contributed by atoms with Crippen molar-refractivity contribution >= 4 is 64.9 Å². The van der Waals surface area contributed by atoms with E-state index in [2.05, 4.69) is 0 Å². The van der Waals surface area contributed by atoms with Gasteiger partial charge in [-0.25, -0.2) is 0 Å². The van der Waals surface area contributed by atoms with Crippen LogP contribution in [0.15, 0.2) is 0 Å². The minimum Gasteiger partial charge on any atom is -2.00 e. The van der Waals surface area contributed by atoms with E-state index in [1.165, 1.54) is 0 Å². The van der Waals surface area contributed by atoms with E-state index in [1.54, 1.807) is 0 Å². The van der Waals surface area contributed by atoms with Gasteiger partial charge in [0.2, 0.25) is 0 Å². The van der Waals surface area contributed by atoms with Crippen LogP contribution in [0.5, 0.6) is 0 Å². The van der Waals surface area contributed by atoms with Gasteiger partial charge in [0.15, 0.2) is 0 Å². The van der Waals surface area contributed by atoms with Gasteiger partial charge in [-0.1, -0.05) is 0 Å². The molecule has 0 bridgehead atoms. The molecule has 0 atom stereocenters. The summed E-state index contributed by atoms with van der Waals surface area (Å²) in [5.74, 6) is 0. The van der Waals surface area contributed by atoms with E-state index >= 15 is 0 Å². The Kier molecular flexibility index (Phi) is 481. The molecule has 0 fully saturated rings. The maximum absolute atomic E-state index is 0. The average molecular weight is 542 g/mol. The van der Waals surface area contributed by atoms with E-state index in [9.17, 15) is 0 Å². The third-order valence-corrected chi connectivity index (χ3v) is 0. The molecule has 7 heavy (non-hydrogen) atoms. The summed E-state index contributed by atoms with van der Waals surface area (Å²) in [7, 11) is 0. The SMILES string of the molecule is [Ag+].[Ag+].[Ag+].[S-2].[S-2].[S-2].[Sb+3]. The fourth-order valence-corrected chi connectivity index (χ4v) is 0. The van der Waals surface area contributed by atoms with Crippen molar-refractivity contribution in [1.82, 2.24) is 0 Å². The third-order valence-electron chi connectivity index (χ3n) is 0. The van der Waals surface area contributed by atoms with Crippen LogP contribution in [0.1, 0.15) is 0 Å². The second-order valence-electron chi connectivity index (χ2n) is 0. The fraction of sp³-hybridized carbons (Fsp3) is 0. The summed E-state index contributed by atoms with van der Waals surface area (Å²) in [4.78, 5) is 0. The molecule has 0 aromatic carbocycles. The Labute approximate surface area is 129 Å². The molecule has 0 heterocycles. The van der Waals surface area contributed by atoms with Crippen molar-refractivity contribution in [2.45, 2.75) is 0 Å². The first-order chi connectivity index (χ1) is 0. The quantitative estimate of drug-likeness (QED) is 0.367. The smallest absolute Gasteiger partial charge is 2.00 e. The van der Waals surface area contributed by atoms with E-state index in [-0.39, 0.29) is 132 Å². The zero-order chi connectivity index (χ0) is 0. The van der Waals surface area contributed by atoms with Gasteiger partial charge in [-0.2, -0.15) is 0 Å². The summed E-state index contributed by atoms with van der Waals surface area (Å²) >= 11 is 0. The van der Waals surface area contributed by atoms with Crippen LogP contribution in [0.3, 0.4) is 0 Å². The van der Waals surface area contributed by atoms with E-state index in [1.807, 2.05) is 0 Å². The summed E-state index contributed by atoms with van der Waals surface area (Å²) in [6, 6.07) is 0. The van der Waals surface area contributed by atoms with Gasteiger partial charge in [0.1, 0.15) is 0 Å². The van der Waals surface area contributed by atoms with Gasteiger partial charge in [-0.05, 0) is 0 Å². The Bertz CT molecular complexity index is 10.1. The standard InChI is InChI=1S/3Ag.3S.Sb/q3*+1;3*-2;+3. The predicted molar refractivity (Wildman–Crippen MR) is 27.8 cm³/mol. The van der Waals surface area contributed by atoms with Gasteiger partial charge in [-0.3, -0.25) is 0 Å². The van der Waals surface area contributed by atoms with Crippen molar-refractivity contribution in [3.63, 3.8) is 0 Å². The minimum atomic E-state index is 0. The van der Waals surface area contributed by atoms with E-state index < -0.39 is 0 Å². The van der Waals surface area contributed by atoms with Gasteiger partial charge in [0, 0.05) is 0 Å². The Hall–Kier alpha value is 4.09. The summed E-state index contributed by atoms with van der Waals surface area (Å²) < 4.78 is 0. The van der Waals surface area contributed by atoms with Crippen LogP contribution < -0.4 is 0 Å². The zero-order valence-corrected chi connectivity index (χ0v) is 12.0. The molecule has 0 saturated carbocycles. The van der Waals surface area contributed by atoms with Crippen molar-refractivity contribution in [3.05, 3.63) is 0 Å². The summed E-state index contributed by atoms with van der Waals surface area (Å²) in [6.07, 6.45) is 0. The molecule has 0 aliphatic rings. The van der Waals surface area contributed by atoms with Crippen molar-refractivity contribution in [3.8, 4) is 0 Å². The molecular weight excluding hydrogens is 542 g/mol. The van der Waals surface area contributed by atoms with Crippen LogP contribution in [-0.4, -0.2) is 24.4 Å². The predicted octanol–water partition coefficient (Wildman–Crippen LogP) is -0.396. The van der Waals surface area contributed by atoms with Gasteiger partial charge >= 0.3 is 91.6 Å². The molecule has 0 aliphatic heterocycles. The Morgan fingerprint density at radius 1 is 0.429 bits per heavy atom. The minimum absolute atomic E-state index is 0. The molecule has 0 unspecified atom stereocenters. The summed E-state index contributed by atoms with van der Waals surface area (Å²) in [6.45, 7) is 0. The number of rotatable bonds is 0. The first-order valence-electron chi connectivity index (χ1n) is 0. The Morgan fingerprint density at radius 3 is 0.429 bits per heavy atom. The first-order valence-corrected chi connectivity index (χ1v) is 0. The second-order valence-corrected chi connectivity index (χ2v) is 0. The molecule has 0 amide bonds. The third kappa shape index (κ3) is 39.5. The molecule has 0 nitrogen and oxygen atoms in total. The maximum Gasteiger partial charge on any atom is 3.00 e. The average Bonchev–Trinajstić information content (AvgIpc) is 0. The second kappa shape index (κ2) is 49.8. The van der Waals surface area contributed by atoms with Crippen LogP contribution in [-0.2, 0) is 108 Å². The van der Waals surface area contributed by atoms with Gasteiger partial charge in [-0.15, -0.1) is 0 Å². The van der Waals surface area contributed by atoms with Crippen LogP contribution in [0.2, 0.25) is 0 Å².